The highest BCUT2D eigenvalue weighted by atomic mass is 32.2. The summed E-state index contributed by atoms with van der Waals surface area (Å²) >= 11 is 0.893. The number of phenolic OH excluding ortho intramolecular Hbond substituents is 1. The number of nitrogens with one attached hydrogen (secondary N) is 1. The van der Waals surface area contributed by atoms with Crippen LogP contribution in [0.3, 0.4) is 0 Å². The third kappa shape index (κ3) is 2.51. The van der Waals surface area contributed by atoms with Crippen molar-refractivity contribution in [3.05, 3.63) is 34.2 Å². The minimum Gasteiger partial charge on any atom is -0.507 e. The molecule has 0 unspecified atom stereocenters. The number of hydrogen-bond donors (Lipinski definition) is 2. The highest BCUT2D eigenvalue weighted by Gasteiger charge is 2.51. The molecule has 4 aliphatic carbocycles. The van der Waals surface area contributed by atoms with Crippen molar-refractivity contribution < 1.29 is 14.7 Å². The highest BCUT2D eigenvalue weighted by molar-refractivity contribution is 8.18. The van der Waals surface area contributed by atoms with Crippen LogP contribution in [0.1, 0.15) is 49.7 Å². The van der Waals surface area contributed by atoms with Crippen molar-refractivity contribution in [3.8, 4) is 5.75 Å². The monoisotopic (exact) mass is 355 g/mol. The Kier molecular flexibility index (Phi) is 3.33. The third-order valence-corrected chi connectivity index (χ3v) is 7.42. The number of thioether (sulfide) groups is 1. The van der Waals surface area contributed by atoms with Gasteiger partial charge in [0.1, 0.15) is 5.75 Å². The van der Waals surface area contributed by atoms with E-state index in [4.69, 9.17) is 0 Å². The number of amides is 2. The number of imide groups is 1. The molecule has 1 saturated heterocycles. The number of carbonyl (C=O) groups is 2. The van der Waals surface area contributed by atoms with E-state index >= 15 is 0 Å². The van der Waals surface area contributed by atoms with Gasteiger partial charge < -0.3 is 5.11 Å². The molecule has 6 rings (SSSR count). The van der Waals surface area contributed by atoms with Gasteiger partial charge in [0.25, 0.3) is 11.1 Å². The molecule has 1 heterocycles. The van der Waals surface area contributed by atoms with Gasteiger partial charge >= 0.3 is 0 Å². The van der Waals surface area contributed by atoms with E-state index in [1.54, 1.807) is 12.1 Å². The van der Waals surface area contributed by atoms with Crippen molar-refractivity contribution in [3.63, 3.8) is 0 Å². The molecule has 0 radical (unpaired) electrons. The van der Waals surface area contributed by atoms with Crippen LogP contribution in [-0.4, -0.2) is 16.3 Å². The summed E-state index contributed by atoms with van der Waals surface area (Å²) in [6.45, 7) is 0. The molecule has 5 heteroatoms. The van der Waals surface area contributed by atoms with E-state index in [-0.39, 0.29) is 22.3 Å². The second-order valence-electron chi connectivity index (χ2n) is 8.32. The molecule has 5 aliphatic rings. The maximum Gasteiger partial charge on any atom is 0.290 e. The van der Waals surface area contributed by atoms with Crippen LogP contribution in [-0.2, 0) is 10.2 Å². The van der Waals surface area contributed by atoms with Gasteiger partial charge in [0.15, 0.2) is 0 Å². The van der Waals surface area contributed by atoms with Crippen molar-refractivity contribution in [1.29, 1.82) is 0 Å². The standard InChI is InChI=1S/C20H21NO3S/c22-16-2-1-15(6-14(16)7-17-18(23)21-19(24)25-17)20-8-11-3-12(9-20)5-13(4-11)10-20/h1-2,6-7,11-13,22H,3-5,8-10H2,(H,21,23,24)/b17-7+. The predicted octanol–water partition coefficient (Wildman–Crippen LogP) is 4.18. The van der Waals surface area contributed by atoms with E-state index in [0.717, 1.165) is 29.5 Å². The second kappa shape index (κ2) is 5.37. The lowest BCUT2D eigenvalue weighted by atomic mass is 9.48. The first kappa shape index (κ1) is 15.5. The van der Waals surface area contributed by atoms with E-state index in [9.17, 15) is 14.7 Å². The third-order valence-electron chi connectivity index (χ3n) is 6.61. The van der Waals surface area contributed by atoms with Crippen LogP contribution in [0, 0.1) is 17.8 Å². The molecule has 4 saturated carbocycles. The molecule has 2 N–H and O–H groups in total. The Morgan fingerprint density at radius 1 is 1.08 bits per heavy atom. The first-order valence-electron chi connectivity index (χ1n) is 9.09. The van der Waals surface area contributed by atoms with E-state index in [2.05, 4.69) is 11.4 Å². The lowest BCUT2D eigenvalue weighted by Gasteiger charge is -2.57. The molecular weight excluding hydrogens is 334 g/mol. The highest BCUT2D eigenvalue weighted by Crippen LogP contribution is 2.60. The summed E-state index contributed by atoms with van der Waals surface area (Å²) in [6.07, 6.45) is 9.60. The van der Waals surface area contributed by atoms with Crippen molar-refractivity contribution in [1.82, 2.24) is 5.32 Å². The Labute approximate surface area is 151 Å². The molecule has 1 aliphatic heterocycles. The largest absolute Gasteiger partial charge is 0.507 e. The van der Waals surface area contributed by atoms with Gasteiger partial charge in [-0.2, -0.15) is 0 Å². The molecular formula is C20H21NO3S. The summed E-state index contributed by atoms with van der Waals surface area (Å²) in [4.78, 5) is 23.5. The molecule has 1 aromatic carbocycles. The SMILES string of the molecule is O=C1NC(=O)/C(=C\c2cc(C34CC5CC(CC(C5)C3)C4)ccc2O)S1. The van der Waals surface area contributed by atoms with Gasteiger partial charge in [0.2, 0.25) is 0 Å². The number of carbonyl (C=O) groups excluding carboxylic acids is 2. The summed E-state index contributed by atoms with van der Waals surface area (Å²) < 4.78 is 0. The molecule has 4 nitrogen and oxygen atoms in total. The first-order chi connectivity index (χ1) is 12.0. The van der Waals surface area contributed by atoms with Crippen molar-refractivity contribution in [2.45, 2.75) is 43.9 Å². The van der Waals surface area contributed by atoms with Crippen molar-refractivity contribution in [2.24, 2.45) is 17.8 Å². The molecule has 5 fully saturated rings. The Morgan fingerprint density at radius 3 is 2.28 bits per heavy atom. The molecule has 4 bridgehead atoms. The number of hydrogen-bond acceptors (Lipinski definition) is 4. The lowest BCUT2D eigenvalue weighted by Crippen LogP contribution is -2.48. The number of rotatable bonds is 2. The predicted molar refractivity (Wildman–Crippen MR) is 97.1 cm³/mol. The fourth-order valence-electron chi connectivity index (χ4n) is 6.03. The fourth-order valence-corrected chi connectivity index (χ4v) is 6.70. The molecule has 130 valence electrons. The van der Waals surface area contributed by atoms with Gasteiger partial charge in [-0.1, -0.05) is 6.07 Å². The Balaban J connectivity index is 1.53. The quantitative estimate of drug-likeness (QED) is 0.781. The zero-order chi connectivity index (χ0) is 17.2. The average molecular weight is 355 g/mol. The van der Waals surface area contributed by atoms with E-state index in [1.807, 2.05) is 6.07 Å². The zero-order valence-electron chi connectivity index (χ0n) is 14.0. The van der Waals surface area contributed by atoms with Crippen LogP contribution in [0.25, 0.3) is 6.08 Å². The Morgan fingerprint density at radius 2 is 1.72 bits per heavy atom. The average Bonchev–Trinajstić information content (AvgIpc) is 2.85. The zero-order valence-corrected chi connectivity index (χ0v) is 14.8. The molecule has 2 amide bonds. The van der Waals surface area contributed by atoms with Crippen LogP contribution >= 0.6 is 11.8 Å². The van der Waals surface area contributed by atoms with Gasteiger partial charge in [0.05, 0.1) is 4.91 Å². The normalized spacial score (nSPS) is 37.8. The number of benzene rings is 1. The van der Waals surface area contributed by atoms with Gasteiger partial charge in [-0.25, -0.2) is 0 Å². The van der Waals surface area contributed by atoms with Gasteiger partial charge in [-0.3, -0.25) is 14.9 Å². The number of aromatic hydroxyl groups is 1. The summed E-state index contributed by atoms with van der Waals surface area (Å²) in [5.74, 6) is 2.35. The molecule has 25 heavy (non-hydrogen) atoms. The fraction of sp³-hybridized carbons (Fsp3) is 0.500. The smallest absolute Gasteiger partial charge is 0.290 e. The lowest BCUT2D eigenvalue weighted by molar-refractivity contribution is -0.115. The molecule has 0 aromatic heterocycles. The number of phenols is 1. The molecule has 0 spiro atoms. The molecule has 0 atom stereocenters. The van der Waals surface area contributed by atoms with Crippen LogP contribution < -0.4 is 5.32 Å². The topological polar surface area (TPSA) is 66.4 Å². The summed E-state index contributed by atoms with van der Waals surface area (Å²) in [6, 6.07) is 5.86. The second-order valence-corrected chi connectivity index (χ2v) is 9.34. The van der Waals surface area contributed by atoms with Crippen LogP contribution in [0.15, 0.2) is 23.1 Å². The Hall–Kier alpha value is -1.75. The minimum atomic E-state index is -0.380. The molecule has 1 aromatic rings. The van der Waals surface area contributed by atoms with E-state index in [1.165, 1.54) is 44.1 Å². The summed E-state index contributed by atoms with van der Waals surface area (Å²) in [5, 5.41) is 12.2. The van der Waals surface area contributed by atoms with Gasteiger partial charge in [-0.05, 0) is 97.2 Å². The van der Waals surface area contributed by atoms with Crippen LogP contribution in [0.5, 0.6) is 5.75 Å². The Bertz CT molecular complexity index is 778. The van der Waals surface area contributed by atoms with Crippen LogP contribution in [0.4, 0.5) is 4.79 Å². The summed E-state index contributed by atoms with van der Waals surface area (Å²) in [5.41, 5.74) is 2.18. The van der Waals surface area contributed by atoms with Gasteiger partial charge in [-0.15, -0.1) is 0 Å². The minimum absolute atomic E-state index is 0.161. The van der Waals surface area contributed by atoms with Gasteiger partial charge in [0, 0.05) is 5.56 Å². The van der Waals surface area contributed by atoms with Crippen molar-refractivity contribution in [2.75, 3.05) is 0 Å². The van der Waals surface area contributed by atoms with Crippen molar-refractivity contribution >= 4 is 29.0 Å². The maximum atomic E-state index is 11.8. The maximum absolute atomic E-state index is 11.8. The van der Waals surface area contributed by atoms with E-state index in [0.29, 0.717) is 10.5 Å². The van der Waals surface area contributed by atoms with Crippen LogP contribution in [0.2, 0.25) is 0 Å². The van der Waals surface area contributed by atoms with E-state index < -0.39 is 0 Å². The summed E-state index contributed by atoms with van der Waals surface area (Å²) in [7, 11) is 0. The first-order valence-corrected chi connectivity index (χ1v) is 9.91.